The zero-order valence-corrected chi connectivity index (χ0v) is 11.0. The number of carboxylic acids is 1. The van der Waals surface area contributed by atoms with Crippen molar-refractivity contribution in [1.29, 1.82) is 0 Å². The summed E-state index contributed by atoms with van der Waals surface area (Å²) in [6.07, 6.45) is 0.766. The Morgan fingerprint density at radius 1 is 1.53 bits per heavy atom. The lowest BCUT2D eigenvalue weighted by molar-refractivity contribution is -0.384. The highest BCUT2D eigenvalue weighted by Crippen LogP contribution is 2.28. The quantitative estimate of drug-likeness (QED) is 0.584. The van der Waals surface area contributed by atoms with E-state index < -0.39 is 10.9 Å². The van der Waals surface area contributed by atoms with Gasteiger partial charge < -0.3 is 10.4 Å². The second kappa shape index (κ2) is 6.72. The van der Waals surface area contributed by atoms with Crippen LogP contribution >= 0.6 is 0 Å². The minimum absolute atomic E-state index is 0.0439. The fourth-order valence-corrected chi connectivity index (χ4v) is 1.91. The lowest BCUT2D eigenvalue weighted by atomic mass is 10.0. The predicted molar refractivity (Wildman–Crippen MR) is 72.4 cm³/mol. The fourth-order valence-electron chi connectivity index (χ4n) is 1.91. The number of nitrogens with zero attached hydrogens (tertiary/aromatic N) is 1. The summed E-state index contributed by atoms with van der Waals surface area (Å²) >= 11 is 0. The van der Waals surface area contributed by atoms with Gasteiger partial charge in [-0.2, -0.15) is 0 Å². The number of hydrogen-bond donors (Lipinski definition) is 2. The maximum absolute atomic E-state index is 11.0. The fraction of sp³-hybridized carbons (Fsp3) is 0.462. The lowest BCUT2D eigenvalue weighted by Gasteiger charge is -2.15. The van der Waals surface area contributed by atoms with Crippen molar-refractivity contribution in [3.63, 3.8) is 0 Å². The van der Waals surface area contributed by atoms with Crippen LogP contribution in [-0.4, -0.2) is 22.5 Å². The van der Waals surface area contributed by atoms with Gasteiger partial charge in [-0.25, -0.2) is 0 Å². The first-order chi connectivity index (χ1) is 8.95. The van der Waals surface area contributed by atoms with E-state index >= 15 is 0 Å². The van der Waals surface area contributed by atoms with Crippen molar-refractivity contribution >= 4 is 17.3 Å². The number of hydrogen-bond acceptors (Lipinski definition) is 4. The molecule has 0 radical (unpaired) electrons. The molecule has 2 N–H and O–H groups in total. The van der Waals surface area contributed by atoms with Crippen LogP contribution < -0.4 is 5.32 Å². The molecule has 104 valence electrons. The van der Waals surface area contributed by atoms with E-state index in [1.807, 2.05) is 6.92 Å². The Bertz CT molecular complexity index is 474. The molecule has 0 spiro atoms. The Balaban J connectivity index is 2.79. The molecule has 6 nitrogen and oxygen atoms in total. The number of aliphatic carboxylic acids is 1. The zero-order chi connectivity index (χ0) is 14.4. The predicted octanol–water partition coefficient (Wildman–Crippen LogP) is 2.82. The normalized spacial score (nSPS) is 11.9. The first-order valence-corrected chi connectivity index (χ1v) is 6.15. The molecular formula is C13H18N2O4. The van der Waals surface area contributed by atoms with Gasteiger partial charge in [-0.15, -0.1) is 0 Å². The number of anilines is 1. The van der Waals surface area contributed by atoms with Crippen LogP contribution in [-0.2, 0) is 4.79 Å². The van der Waals surface area contributed by atoms with Crippen LogP contribution in [0.3, 0.4) is 0 Å². The first-order valence-electron chi connectivity index (χ1n) is 6.15. The van der Waals surface area contributed by atoms with E-state index in [1.165, 1.54) is 0 Å². The molecule has 0 heterocycles. The van der Waals surface area contributed by atoms with E-state index in [0.29, 0.717) is 24.2 Å². The summed E-state index contributed by atoms with van der Waals surface area (Å²) in [5.74, 6) is -0.898. The highest BCUT2D eigenvalue weighted by atomic mass is 16.6. The molecule has 1 rings (SSSR count). The number of nitrogens with one attached hydrogen (secondary N) is 1. The van der Waals surface area contributed by atoms with E-state index in [2.05, 4.69) is 5.32 Å². The number of nitro groups is 1. The number of rotatable bonds is 7. The highest BCUT2D eigenvalue weighted by Gasteiger charge is 2.18. The number of aryl methyl sites for hydroxylation is 1. The number of carboxylic acid groups (broad SMARTS) is 1. The molecule has 0 fully saturated rings. The van der Waals surface area contributed by atoms with Gasteiger partial charge >= 0.3 is 5.97 Å². The van der Waals surface area contributed by atoms with Crippen molar-refractivity contribution in [2.45, 2.75) is 26.7 Å². The largest absolute Gasteiger partial charge is 0.481 e. The highest BCUT2D eigenvalue weighted by molar-refractivity contribution is 5.67. The SMILES string of the molecule is CCC(CNc1cccc(C)c1[N+](=O)[O-])CC(=O)O. The number of carbonyl (C=O) groups is 1. The maximum Gasteiger partial charge on any atom is 0.303 e. The van der Waals surface area contributed by atoms with E-state index in [4.69, 9.17) is 5.11 Å². The maximum atomic E-state index is 11.0. The van der Waals surface area contributed by atoms with Gasteiger partial charge in [-0.1, -0.05) is 25.5 Å². The Morgan fingerprint density at radius 3 is 2.74 bits per heavy atom. The van der Waals surface area contributed by atoms with Crippen molar-refractivity contribution in [3.05, 3.63) is 33.9 Å². The van der Waals surface area contributed by atoms with Crippen LogP contribution in [0.2, 0.25) is 0 Å². The minimum Gasteiger partial charge on any atom is -0.481 e. The second-order valence-electron chi connectivity index (χ2n) is 4.48. The molecule has 0 aromatic heterocycles. The van der Waals surface area contributed by atoms with Gasteiger partial charge in [0.15, 0.2) is 0 Å². The average Bonchev–Trinajstić information content (AvgIpc) is 2.33. The van der Waals surface area contributed by atoms with Gasteiger partial charge in [0.2, 0.25) is 0 Å². The summed E-state index contributed by atoms with van der Waals surface area (Å²) in [5.41, 5.74) is 1.07. The zero-order valence-electron chi connectivity index (χ0n) is 11.0. The number of nitro benzene ring substituents is 1. The smallest absolute Gasteiger partial charge is 0.303 e. The van der Waals surface area contributed by atoms with E-state index in [9.17, 15) is 14.9 Å². The van der Waals surface area contributed by atoms with Gasteiger partial charge in [-0.05, 0) is 18.9 Å². The molecule has 19 heavy (non-hydrogen) atoms. The third kappa shape index (κ3) is 4.24. The molecule has 0 saturated carbocycles. The molecule has 0 aliphatic carbocycles. The summed E-state index contributed by atoms with van der Waals surface area (Å²) in [7, 11) is 0. The molecular weight excluding hydrogens is 248 g/mol. The van der Waals surface area contributed by atoms with Crippen LogP contribution in [0.5, 0.6) is 0 Å². The standard InChI is InChI=1S/C13H18N2O4/c1-3-10(7-12(16)17)8-14-11-6-4-5-9(2)13(11)15(18)19/h4-6,10,14H,3,7-8H2,1-2H3,(H,16,17). The Labute approximate surface area is 111 Å². The summed E-state index contributed by atoms with van der Waals surface area (Å²) in [4.78, 5) is 21.3. The summed E-state index contributed by atoms with van der Waals surface area (Å²) in [6, 6.07) is 5.05. The third-order valence-electron chi connectivity index (χ3n) is 3.04. The van der Waals surface area contributed by atoms with E-state index in [1.54, 1.807) is 25.1 Å². The van der Waals surface area contributed by atoms with Gasteiger partial charge in [0.05, 0.1) is 4.92 Å². The van der Waals surface area contributed by atoms with Gasteiger partial charge in [0.25, 0.3) is 5.69 Å². The molecule has 0 aliphatic rings. The molecule has 6 heteroatoms. The topological polar surface area (TPSA) is 92.5 Å². The molecule has 0 aliphatic heterocycles. The van der Waals surface area contributed by atoms with Crippen LogP contribution in [0.4, 0.5) is 11.4 Å². The van der Waals surface area contributed by atoms with Crippen LogP contribution in [0.15, 0.2) is 18.2 Å². The van der Waals surface area contributed by atoms with Crippen molar-refractivity contribution in [1.82, 2.24) is 0 Å². The molecule has 0 amide bonds. The lowest BCUT2D eigenvalue weighted by Crippen LogP contribution is -2.17. The molecule has 1 aromatic rings. The van der Waals surface area contributed by atoms with Crippen molar-refractivity contribution < 1.29 is 14.8 Å². The van der Waals surface area contributed by atoms with Gasteiger partial charge in [0, 0.05) is 18.5 Å². The van der Waals surface area contributed by atoms with Crippen molar-refractivity contribution in [2.24, 2.45) is 5.92 Å². The molecule has 1 atom stereocenters. The summed E-state index contributed by atoms with van der Waals surface area (Å²) in [5, 5.41) is 22.8. The summed E-state index contributed by atoms with van der Waals surface area (Å²) < 4.78 is 0. The summed E-state index contributed by atoms with van der Waals surface area (Å²) in [6.45, 7) is 3.99. The Kier molecular flexibility index (Phi) is 5.29. The van der Waals surface area contributed by atoms with Crippen LogP contribution in [0.1, 0.15) is 25.3 Å². The monoisotopic (exact) mass is 266 g/mol. The average molecular weight is 266 g/mol. The minimum atomic E-state index is -0.854. The number of benzene rings is 1. The van der Waals surface area contributed by atoms with Crippen molar-refractivity contribution in [3.8, 4) is 0 Å². The van der Waals surface area contributed by atoms with Gasteiger partial charge in [-0.3, -0.25) is 14.9 Å². The Hall–Kier alpha value is -2.11. The van der Waals surface area contributed by atoms with E-state index in [0.717, 1.165) is 0 Å². The first kappa shape index (κ1) is 14.9. The van der Waals surface area contributed by atoms with Gasteiger partial charge in [0.1, 0.15) is 5.69 Å². The van der Waals surface area contributed by atoms with Crippen LogP contribution in [0, 0.1) is 23.0 Å². The van der Waals surface area contributed by atoms with E-state index in [-0.39, 0.29) is 18.0 Å². The third-order valence-corrected chi connectivity index (χ3v) is 3.04. The Morgan fingerprint density at radius 2 is 2.21 bits per heavy atom. The second-order valence-corrected chi connectivity index (χ2v) is 4.48. The molecule has 0 bridgehead atoms. The molecule has 0 saturated heterocycles. The van der Waals surface area contributed by atoms with Crippen LogP contribution in [0.25, 0.3) is 0 Å². The molecule has 1 aromatic carbocycles. The molecule has 1 unspecified atom stereocenters. The van der Waals surface area contributed by atoms with Crippen molar-refractivity contribution in [2.75, 3.05) is 11.9 Å². The number of para-hydroxylation sites is 1.